The van der Waals surface area contributed by atoms with Crippen molar-refractivity contribution in [3.05, 3.63) is 35.6 Å². The maximum Gasteiger partial charge on any atom is 0.358 e. The molecule has 0 atom stereocenters. The topological polar surface area (TPSA) is 59.4 Å². The number of rotatable bonds is 4. The molecular formula is C9H8ClNO3. The number of hydrogen-bond donors (Lipinski definition) is 1. The van der Waals surface area contributed by atoms with Crippen molar-refractivity contribution in [2.75, 3.05) is 6.61 Å². The zero-order valence-corrected chi connectivity index (χ0v) is 7.94. The molecule has 0 bridgehead atoms. The van der Waals surface area contributed by atoms with Crippen LogP contribution in [0.3, 0.4) is 0 Å². The van der Waals surface area contributed by atoms with Crippen LogP contribution in [0.2, 0.25) is 0 Å². The number of ether oxygens (including phenoxy) is 1. The van der Waals surface area contributed by atoms with E-state index in [-0.39, 0.29) is 18.1 Å². The molecule has 0 spiro atoms. The average molecular weight is 214 g/mol. The summed E-state index contributed by atoms with van der Waals surface area (Å²) in [6.07, 6.45) is 2.95. The Morgan fingerprint density at radius 3 is 3.14 bits per heavy atom. The Hall–Kier alpha value is -1.55. The zero-order chi connectivity index (χ0) is 10.4. The lowest BCUT2D eigenvalue weighted by atomic mass is 10.3. The summed E-state index contributed by atoms with van der Waals surface area (Å²) in [6, 6.07) is 3.14. The molecule has 0 unspecified atom stereocenters. The summed E-state index contributed by atoms with van der Waals surface area (Å²) < 4.78 is 5.12. The van der Waals surface area contributed by atoms with Crippen molar-refractivity contribution in [2.24, 2.45) is 0 Å². The van der Waals surface area contributed by atoms with Crippen LogP contribution < -0.4 is 4.74 Å². The maximum absolute atomic E-state index is 10.7. The lowest BCUT2D eigenvalue weighted by Gasteiger charge is -2.04. The molecule has 1 aromatic rings. The van der Waals surface area contributed by atoms with E-state index >= 15 is 0 Å². The number of pyridine rings is 1. The molecular weight excluding hydrogens is 206 g/mol. The van der Waals surface area contributed by atoms with E-state index in [4.69, 9.17) is 21.4 Å². The van der Waals surface area contributed by atoms with E-state index < -0.39 is 5.97 Å². The minimum Gasteiger partial charge on any atom is -0.487 e. The first-order chi connectivity index (χ1) is 6.75. The molecule has 0 radical (unpaired) electrons. The predicted octanol–water partition coefficient (Wildman–Crippen LogP) is 1.91. The van der Waals surface area contributed by atoms with Gasteiger partial charge in [0.2, 0.25) is 0 Å². The molecule has 5 heteroatoms. The van der Waals surface area contributed by atoms with Gasteiger partial charge in [-0.1, -0.05) is 11.6 Å². The van der Waals surface area contributed by atoms with Crippen LogP contribution >= 0.6 is 11.6 Å². The van der Waals surface area contributed by atoms with Crippen LogP contribution in [0.25, 0.3) is 0 Å². The molecule has 0 amide bonds. The van der Waals surface area contributed by atoms with Crippen molar-refractivity contribution in [1.82, 2.24) is 4.98 Å². The number of aromatic carboxylic acids is 1. The number of hydrogen-bond acceptors (Lipinski definition) is 3. The van der Waals surface area contributed by atoms with Crippen LogP contribution in [0.4, 0.5) is 0 Å². The Labute approximate surface area is 85.8 Å². The number of carboxylic acid groups (broad SMARTS) is 1. The molecule has 0 aliphatic heterocycles. The smallest absolute Gasteiger partial charge is 0.358 e. The lowest BCUT2D eigenvalue weighted by molar-refractivity contribution is 0.0686. The van der Waals surface area contributed by atoms with Gasteiger partial charge in [-0.15, -0.1) is 0 Å². The van der Waals surface area contributed by atoms with Crippen LogP contribution in [-0.2, 0) is 0 Å². The van der Waals surface area contributed by atoms with Crippen LogP contribution in [0.5, 0.6) is 5.75 Å². The van der Waals surface area contributed by atoms with Crippen molar-refractivity contribution >= 4 is 17.6 Å². The molecule has 0 saturated heterocycles. The normalized spacial score (nSPS) is 10.4. The summed E-state index contributed by atoms with van der Waals surface area (Å²) in [5.41, 5.74) is 1.20. The Morgan fingerprint density at radius 2 is 2.50 bits per heavy atom. The minimum atomic E-state index is -1.12. The number of carboxylic acids is 1. The van der Waals surface area contributed by atoms with Crippen LogP contribution in [0.15, 0.2) is 29.9 Å². The largest absolute Gasteiger partial charge is 0.487 e. The highest BCUT2D eigenvalue weighted by Gasteiger charge is 2.11. The third kappa shape index (κ3) is 2.74. The van der Waals surface area contributed by atoms with Gasteiger partial charge in [-0.05, 0) is 18.2 Å². The number of halogens is 1. The van der Waals surface area contributed by atoms with Gasteiger partial charge in [0.05, 0.1) is 0 Å². The molecule has 0 aliphatic carbocycles. The first-order valence-corrected chi connectivity index (χ1v) is 4.25. The molecule has 14 heavy (non-hydrogen) atoms. The molecule has 1 N–H and O–H groups in total. The quantitative estimate of drug-likeness (QED) is 0.830. The SMILES string of the molecule is O=C(O)c1ncccc1OC/C=C/Cl. The molecule has 0 aliphatic rings. The van der Waals surface area contributed by atoms with Crippen LogP contribution in [0.1, 0.15) is 10.5 Å². The third-order valence-electron chi connectivity index (χ3n) is 1.40. The maximum atomic E-state index is 10.7. The first kappa shape index (κ1) is 10.5. The molecule has 74 valence electrons. The lowest BCUT2D eigenvalue weighted by Crippen LogP contribution is -2.05. The third-order valence-corrected chi connectivity index (χ3v) is 1.58. The molecule has 1 heterocycles. The van der Waals surface area contributed by atoms with Gasteiger partial charge in [0, 0.05) is 11.7 Å². The van der Waals surface area contributed by atoms with E-state index in [0.717, 1.165) is 0 Å². The van der Waals surface area contributed by atoms with Gasteiger partial charge in [0.15, 0.2) is 11.4 Å². The van der Waals surface area contributed by atoms with Crippen molar-refractivity contribution in [1.29, 1.82) is 0 Å². The monoisotopic (exact) mass is 213 g/mol. The van der Waals surface area contributed by atoms with E-state index in [2.05, 4.69) is 4.98 Å². The first-order valence-electron chi connectivity index (χ1n) is 3.82. The van der Waals surface area contributed by atoms with E-state index in [1.54, 1.807) is 18.2 Å². The highest BCUT2D eigenvalue weighted by Crippen LogP contribution is 2.14. The predicted molar refractivity (Wildman–Crippen MR) is 51.7 cm³/mol. The summed E-state index contributed by atoms with van der Waals surface area (Å²) in [4.78, 5) is 14.3. The van der Waals surface area contributed by atoms with Crippen molar-refractivity contribution in [2.45, 2.75) is 0 Å². The van der Waals surface area contributed by atoms with Gasteiger partial charge in [-0.25, -0.2) is 9.78 Å². The van der Waals surface area contributed by atoms with Gasteiger partial charge in [-0.3, -0.25) is 0 Å². The van der Waals surface area contributed by atoms with Crippen LogP contribution in [-0.4, -0.2) is 22.7 Å². The van der Waals surface area contributed by atoms with Gasteiger partial charge in [0.1, 0.15) is 6.61 Å². The van der Waals surface area contributed by atoms with Crippen molar-refractivity contribution in [3.8, 4) is 5.75 Å². The highest BCUT2D eigenvalue weighted by atomic mass is 35.5. The highest BCUT2D eigenvalue weighted by molar-refractivity contribution is 6.25. The van der Waals surface area contributed by atoms with E-state index in [0.29, 0.717) is 0 Å². The Kier molecular flexibility index (Phi) is 3.94. The Balaban J connectivity index is 2.79. The molecule has 0 saturated carbocycles. The molecule has 4 nitrogen and oxygen atoms in total. The van der Waals surface area contributed by atoms with Crippen molar-refractivity contribution < 1.29 is 14.6 Å². The summed E-state index contributed by atoms with van der Waals surface area (Å²) in [5.74, 6) is -0.884. The molecule has 1 rings (SSSR count). The Bertz CT molecular complexity index is 352. The van der Waals surface area contributed by atoms with E-state index in [1.165, 1.54) is 11.7 Å². The van der Waals surface area contributed by atoms with E-state index in [1.807, 2.05) is 0 Å². The van der Waals surface area contributed by atoms with Crippen molar-refractivity contribution in [3.63, 3.8) is 0 Å². The average Bonchev–Trinajstić information content (AvgIpc) is 2.19. The van der Waals surface area contributed by atoms with Gasteiger partial charge < -0.3 is 9.84 Å². The summed E-state index contributed by atoms with van der Waals surface area (Å²) in [7, 11) is 0. The standard InChI is InChI=1S/C9H8ClNO3/c10-4-2-6-14-7-3-1-5-11-8(7)9(12)13/h1-5H,6H2,(H,12,13)/b4-2+. The second kappa shape index (κ2) is 5.24. The van der Waals surface area contributed by atoms with E-state index in [9.17, 15) is 4.79 Å². The minimum absolute atomic E-state index is 0.101. The molecule has 1 aromatic heterocycles. The van der Waals surface area contributed by atoms with Gasteiger partial charge in [-0.2, -0.15) is 0 Å². The summed E-state index contributed by atoms with van der Waals surface area (Å²) in [6.45, 7) is 0.218. The fraction of sp³-hybridized carbons (Fsp3) is 0.111. The molecule has 0 fully saturated rings. The fourth-order valence-electron chi connectivity index (χ4n) is 0.842. The molecule has 0 aromatic carbocycles. The number of aromatic nitrogens is 1. The fourth-order valence-corrected chi connectivity index (χ4v) is 0.915. The summed E-state index contributed by atoms with van der Waals surface area (Å²) in [5, 5.41) is 8.74. The number of nitrogens with zero attached hydrogens (tertiary/aromatic N) is 1. The Morgan fingerprint density at radius 1 is 1.71 bits per heavy atom. The zero-order valence-electron chi connectivity index (χ0n) is 7.18. The van der Waals surface area contributed by atoms with Crippen LogP contribution in [0, 0.1) is 0 Å². The van der Waals surface area contributed by atoms with Gasteiger partial charge in [0.25, 0.3) is 0 Å². The number of carbonyl (C=O) groups is 1. The summed E-state index contributed by atoms with van der Waals surface area (Å²) >= 11 is 5.28. The second-order valence-corrected chi connectivity index (χ2v) is 2.58. The second-order valence-electron chi connectivity index (χ2n) is 2.33. The van der Waals surface area contributed by atoms with Gasteiger partial charge >= 0.3 is 5.97 Å².